The van der Waals surface area contributed by atoms with Gasteiger partial charge in [-0.15, -0.1) is 0 Å². The first-order chi connectivity index (χ1) is 11.6. The molecule has 0 saturated carbocycles. The average molecular weight is 326 g/mol. The van der Waals surface area contributed by atoms with Crippen LogP contribution in [-0.2, 0) is 6.54 Å². The van der Waals surface area contributed by atoms with Gasteiger partial charge < -0.3 is 5.32 Å². The van der Waals surface area contributed by atoms with Crippen molar-refractivity contribution in [3.05, 3.63) is 71.0 Å². The van der Waals surface area contributed by atoms with Gasteiger partial charge in [0.25, 0.3) is 5.91 Å². The van der Waals surface area contributed by atoms with E-state index < -0.39 is 0 Å². The number of nitrogens with zero attached hydrogens (tertiary/aromatic N) is 1. The fourth-order valence-electron chi connectivity index (χ4n) is 3.08. The highest BCUT2D eigenvalue weighted by Crippen LogP contribution is 2.16. The number of halogens is 1. The van der Waals surface area contributed by atoms with Crippen LogP contribution in [0.3, 0.4) is 0 Å². The van der Waals surface area contributed by atoms with Crippen LogP contribution in [0.5, 0.6) is 0 Å². The molecule has 1 N–H and O–H groups in total. The summed E-state index contributed by atoms with van der Waals surface area (Å²) in [7, 11) is 0. The third kappa shape index (κ3) is 4.20. The number of nitrogens with one attached hydrogen (secondary N) is 1. The molecular formula is C20H23FN2O. The van der Waals surface area contributed by atoms with Crippen molar-refractivity contribution in [3.63, 3.8) is 0 Å². The minimum absolute atomic E-state index is 0.112. The lowest BCUT2D eigenvalue weighted by atomic mass is 10.1. The molecule has 1 saturated heterocycles. The molecule has 1 amide bonds. The first kappa shape index (κ1) is 16.7. The van der Waals surface area contributed by atoms with Gasteiger partial charge in [0, 0.05) is 12.1 Å². The van der Waals surface area contributed by atoms with Crippen LogP contribution >= 0.6 is 0 Å². The lowest BCUT2D eigenvalue weighted by molar-refractivity contribution is 0.0940. The van der Waals surface area contributed by atoms with Crippen LogP contribution in [0.4, 0.5) is 4.39 Å². The monoisotopic (exact) mass is 326 g/mol. The molecule has 3 rings (SSSR count). The van der Waals surface area contributed by atoms with E-state index in [1.165, 1.54) is 30.5 Å². The van der Waals surface area contributed by atoms with E-state index in [1.54, 1.807) is 12.1 Å². The molecule has 1 aliphatic rings. The standard InChI is InChI=1S/C20H23FN2O/c1-15(17-8-10-19(21)11-9-17)22-20(24)18-6-4-16(5-7-18)14-23-12-2-3-13-23/h4-11,15H,2-3,12-14H2,1H3,(H,22,24)/t15-/m1/s1. The summed E-state index contributed by atoms with van der Waals surface area (Å²) in [5, 5.41) is 2.95. The third-order valence-corrected chi connectivity index (χ3v) is 4.54. The van der Waals surface area contributed by atoms with Crippen molar-refractivity contribution in [3.8, 4) is 0 Å². The number of rotatable bonds is 5. The Hall–Kier alpha value is -2.20. The molecule has 1 heterocycles. The SMILES string of the molecule is C[C@@H](NC(=O)c1ccc(CN2CCCC2)cc1)c1ccc(F)cc1. The largest absolute Gasteiger partial charge is 0.346 e. The summed E-state index contributed by atoms with van der Waals surface area (Å²) < 4.78 is 13.0. The van der Waals surface area contributed by atoms with Gasteiger partial charge >= 0.3 is 0 Å². The topological polar surface area (TPSA) is 32.3 Å². The van der Waals surface area contributed by atoms with Crippen LogP contribution in [0.15, 0.2) is 48.5 Å². The van der Waals surface area contributed by atoms with E-state index in [9.17, 15) is 9.18 Å². The molecule has 4 heteroatoms. The Balaban J connectivity index is 1.59. The van der Waals surface area contributed by atoms with Crippen LogP contribution in [0, 0.1) is 5.82 Å². The molecule has 0 bridgehead atoms. The molecule has 2 aromatic rings. The first-order valence-corrected chi connectivity index (χ1v) is 8.49. The van der Waals surface area contributed by atoms with Crippen LogP contribution in [-0.4, -0.2) is 23.9 Å². The Morgan fingerprint density at radius 2 is 1.71 bits per heavy atom. The van der Waals surface area contributed by atoms with Gasteiger partial charge in [0.15, 0.2) is 0 Å². The Kier molecular flexibility index (Phi) is 5.26. The van der Waals surface area contributed by atoms with Gasteiger partial charge in [0.05, 0.1) is 6.04 Å². The average Bonchev–Trinajstić information content (AvgIpc) is 3.09. The van der Waals surface area contributed by atoms with Gasteiger partial charge in [-0.05, 0) is 68.2 Å². The molecule has 0 aliphatic carbocycles. The van der Waals surface area contributed by atoms with Crippen molar-refractivity contribution in [1.29, 1.82) is 0 Å². The van der Waals surface area contributed by atoms with E-state index in [4.69, 9.17) is 0 Å². The molecule has 3 nitrogen and oxygen atoms in total. The molecule has 0 aromatic heterocycles. The number of amides is 1. The highest BCUT2D eigenvalue weighted by molar-refractivity contribution is 5.94. The summed E-state index contributed by atoms with van der Waals surface area (Å²) in [6, 6.07) is 13.8. The first-order valence-electron chi connectivity index (χ1n) is 8.49. The lowest BCUT2D eigenvalue weighted by Crippen LogP contribution is -2.26. The van der Waals surface area contributed by atoms with E-state index in [1.807, 2.05) is 31.2 Å². The Labute approximate surface area is 142 Å². The van der Waals surface area contributed by atoms with E-state index in [0.717, 1.165) is 25.2 Å². The number of hydrogen-bond donors (Lipinski definition) is 1. The second-order valence-corrected chi connectivity index (χ2v) is 6.43. The number of hydrogen-bond acceptors (Lipinski definition) is 2. The molecule has 0 radical (unpaired) electrons. The van der Waals surface area contributed by atoms with E-state index in [-0.39, 0.29) is 17.8 Å². The van der Waals surface area contributed by atoms with Crippen molar-refractivity contribution in [2.45, 2.75) is 32.4 Å². The summed E-state index contributed by atoms with van der Waals surface area (Å²) >= 11 is 0. The summed E-state index contributed by atoms with van der Waals surface area (Å²) in [5.74, 6) is -0.384. The second kappa shape index (κ2) is 7.58. The maximum atomic E-state index is 13.0. The molecule has 0 spiro atoms. The third-order valence-electron chi connectivity index (χ3n) is 4.54. The van der Waals surface area contributed by atoms with Crippen molar-refractivity contribution < 1.29 is 9.18 Å². The second-order valence-electron chi connectivity index (χ2n) is 6.43. The Bertz CT molecular complexity index is 676. The number of benzene rings is 2. The fraction of sp³-hybridized carbons (Fsp3) is 0.350. The molecular weight excluding hydrogens is 303 g/mol. The summed E-state index contributed by atoms with van der Waals surface area (Å²) in [6.07, 6.45) is 2.56. The van der Waals surface area contributed by atoms with Crippen molar-refractivity contribution >= 4 is 5.91 Å². The minimum atomic E-state index is -0.272. The summed E-state index contributed by atoms with van der Waals surface area (Å²) in [4.78, 5) is 14.8. The normalized spacial score (nSPS) is 16.1. The van der Waals surface area contributed by atoms with Gasteiger partial charge in [0.1, 0.15) is 5.82 Å². The van der Waals surface area contributed by atoms with Gasteiger partial charge in [-0.3, -0.25) is 9.69 Å². The highest BCUT2D eigenvalue weighted by Gasteiger charge is 2.14. The van der Waals surface area contributed by atoms with Crippen molar-refractivity contribution in [1.82, 2.24) is 10.2 Å². The zero-order chi connectivity index (χ0) is 16.9. The van der Waals surface area contributed by atoms with Crippen molar-refractivity contribution in [2.24, 2.45) is 0 Å². The zero-order valence-electron chi connectivity index (χ0n) is 14.0. The smallest absolute Gasteiger partial charge is 0.251 e. The molecule has 1 atom stereocenters. The lowest BCUT2D eigenvalue weighted by Gasteiger charge is -2.16. The van der Waals surface area contributed by atoms with Gasteiger partial charge in [-0.1, -0.05) is 24.3 Å². The van der Waals surface area contributed by atoms with E-state index >= 15 is 0 Å². The fourth-order valence-corrected chi connectivity index (χ4v) is 3.08. The molecule has 0 unspecified atom stereocenters. The van der Waals surface area contributed by atoms with Crippen LogP contribution in [0.2, 0.25) is 0 Å². The highest BCUT2D eigenvalue weighted by atomic mass is 19.1. The summed E-state index contributed by atoms with van der Waals surface area (Å²) in [6.45, 7) is 5.18. The maximum Gasteiger partial charge on any atom is 0.251 e. The molecule has 1 aliphatic heterocycles. The Morgan fingerprint density at radius 3 is 2.33 bits per heavy atom. The Morgan fingerprint density at radius 1 is 1.08 bits per heavy atom. The van der Waals surface area contributed by atoms with Crippen LogP contribution in [0.25, 0.3) is 0 Å². The molecule has 1 fully saturated rings. The van der Waals surface area contributed by atoms with Crippen LogP contribution < -0.4 is 5.32 Å². The van der Waals surface area contributed by atoms with Gasteiger partial charge in [0.2, 0.25) is 0 Å². The van der Waals surface area contributed by atoms with E-state index in [2.05, 4.69) is 10.2 Å². The number of carbonyl (C=O) groups excluding carboxylic acids is 1. The maximum absolute atomic E-state index is 13.0. The van der Waals surface area contributed by atoms with E-state index in [0.29, 0.717) is 5.56 Å². The molecule has 2 aromatic carbocycles. The number of carbonyl (C=O) groups is 1. The quantitative estimate of drug-likeness (QED) is 0.903. The molecule has 24 heavy (non-hydrogen) atoms. The number of likely N-dealkylation sites (tertiary alicyclic amines) is 1. The van der Waals surface area contributed by atoms with Crippen LogP contribution in [0.1, 0.15) is 47.3 Å². The minimum Gasteiger partial charge on any atom is -0.346 e. The van der Waals surface area contributed by atoms with Crippen molar-refractivity contribution in [2.75, 3.05) is 13.1 Å². The van der Waals surface area contributed by atoms with Gasteiger partial charge in [-0.25, -0.2) is 4.39 Å². The predicted molar refractivity (Wildman–Crippen MR) is 93.2 cm³/mol. The predicted octanol–water partition coefficient (Wildman–Crippen LogP) is 3.91. The van der Waals surface area contributed by atoms with Gasteiger partial charge in [-0.2, -0.15) is 0 Å². The zero-order valence-corrected chi connectivity index (χ0v) is 14.0. The summed E-state index contributed by atoms with van der Waals surface area (Å²) in [5.41, 5.74) is 2.77. The molecule has 126 valence electrons.